The Hall–Kier alpha value is -0.0400. The molecule has 1 heteroatoms. The number of hydrogen-bond donors (Lipinski definition) is 1. The van der Waals surface area contributed by atoms with Crippen molar-refractivity contribution in [2.24, 2.45) is 11.3 Å². The van der Waals surface area contributed by atoms with Gasteiger partial charge in [-0.3, -0.25) is 0 Å². The van der Waals surface area contributed by atoms with Crippen LogP contribution in [0, 0.1) is 11.3 Å². The van der Waals surface area contributed by atoms with E-state index in [1.165, 1.54) is 38.5 Å². The van der Waals surface area contributed by atoms with Crippen molar-refractivity contribution in [1.29, 1.82) is 0 Å². The van der Waals surface area contributed by atoms with Crippen LogP contribution in [-0.4, -0.2) is 11.7 Å². The minimum Gasteiger partial charge on any atom is -0.396 e. The van der Waals surface area contributed by atoms with E-state index in [4.69, 9.17) is 5.11 Å². The van der Waals surface area contributed by atoms with Crippen LogP contribution in [0.2, 0.25) is 0 Å². The standard InChI is InChI=1S/C9H16O/c10-7-8-6-9(8)4-2-1-3-5-9/h8,10H,1-7H2. The average molecular weight is 140 g/mol. The highest BCUT2D eigenvalue weighted by atomic mass is 16.3. The highest BCUT2D eigenvalue weighted by Gasteiger charge is 2.52. The van der Waals surface area contributed by atoms with Crippen LogP contribution in [0.25, 0.3) is 0 Å². The topological polar surface area (TPSA) is 20.2 Å². The average Bonchev–Trinajstić information content (AvgIpc) is 2.65. The Morgan fingerprint density at radius 2 is 1.90 bits per heavy atom. The molecule has 2 aliphatic rings. The molecule has 2 rings (SSSR count). The summed E-state index contributed by atoms with van der Waals surface area (Å²) < 4.78 is 0. The summed E-state index contributed by atoms with van der Waals surface area (Å²) in [6.07, 6.45) is 8.38. The summed E-state index contributed by atoms with van der Waals surface area (Å²) in [5.74, 6) is 0.688. The van der Waals surface area contributed by atoms with Crippen LogP contribution in [0.5, 0.6) is 0 Å². The van der Waals surface area contributed by atoms with Crippen LogP contribution in [0.3, 0.4) is 0 Å². The lowest BCUT2D eigenvalue weighted by molar-refractivity contribution is 0.222. The molecule has 0 aliphatic heterocycles. The van der Waals surface area contributed by atoms with Crippen LogP contribution in [0.1, 0.15) is 38.5 Å². The summed E-state index contributed by atoms with van der Waals surface area (Å²) in [5.41, 5.74) is 0.646. The van der Waals surface area contributed by atoms with Crippen LogP contribution in [0.15, 0.2) is 0 Å². The fourth-order valence-electron chi connectivity index (χ4n) is 2.56. The largest absolute Gasteiger partial charge is 0.396 e. The van der Waals surface area contributed by atoms with Crippen molar-refractivity contribution >= 4 is 0 Å². The van der Waals surface area contributed by atoms with E-state index < -0.39 is 0 Å². The van der Waals surface area contributed by atoms with Gasteiger partial charge in [-0.05, 0) is 30.6 Å². The maximum absolute atomic E-state index is 8.92. The van der Waals surface area contributed by atoms with Crippen molar-refractivity contribution in [2.45, 2.75) is 38.5 Å². The Bertz CT molecular complexity index is 125. The zero-order valence-electron chi connectivity index (χ0n) is 6.47. The lowest BCUT2D eigenvalue weighted by Crippen LogP contribution is -2.10. The Morgan fingerprint density at radius 3 is 2.40 bits per heavy atom. The van der Waals surface area contributed by atoms with Gasteiger partial charge in [-0.1, -0.05) is 19.3 Å². The van der Waals surface area contributed by atoms with Gasteiger partial charge in [0.2, 0.25) is 0 Å². The molecule has 0 aromatic rings. The molecule has 1 N–H and O–H groups in total. The van der Waals surface area contributed by atoms with Crippen molar-refractivity contribution in [3.63, 3.8) is 0 Å². The van der Waals surface area contributed by atoms with Crippen LogP contribution in [0.4, 0.5) is 0 Å². The SMILES string of the molecule is OCC1CC12CCCCC2. The first-order valence-corrected chi connectivity index (χ1v) is 4.48. The van der Waals surface area contributed by atoms with E-state index >= 15 is 0 Å². The van der Waals surface area contributed by atoms with E-state index in [2.05, 4.69) is 0 Å². The third kappa shape index (κ3) is 0.878. The molecular formula is C9H16O. The summed E-state index contributed by atoms with van der Waals surface area (Å²) in [6.45, 7) is 0.444. The van der Waals surface area contributed by atoms with Crippen molar-refractivity contribution in [3.8, 4) is 0 Å². The zero-order chi connectivity index (χ0) is 7.03. The number of aliphatic hydroxyl groups excluding tert-OH is 1. The molecule has 1 unspecified atom stereocenters. The molecule has 0 aromatic heterocycles. The number of rotatable bonds is 1. The Labute approximate surface area is 62.4 Å². The van der Waals surface area contributed by atoms with E-state index in [1.807, 2.05) is 0 Å². The molecule has 1 nitrogen and oxygen atoms in total. The first kappa shape index (κ1) is 6.66. The number of hydrogen-bond acceptors (Lipinski definition) is 1. The summed E-state index contributed by atoms with van der Waals surface area (Å²) in [6, 6.07) is 0. The quantitative estimate of drug-likeness (QED) is 0.590. The van der Waals surface area contributed by atoms with Gasteiger partial charge < -0.3 is 5.11 Å². The molecule has 2 aliphatic carbocycles. The van der Waals surface area contributed by atoms with E-state index in [1.54, 1.807) is 0 Å². The van der Waals surface area contributed by atoms with E-state index in [0.717, 1.165) is 0 Å². The first-order valence-electron chi connectivity index (χ1n) is 4.48. The fraction of sp³-hybridized carbons (Fsp3) is 1.00. The maximum atomic E-state index is 8.92. The smallest absolute Gasteiger partial charge is 0.0464 e. The third-order valence-electron chi connectivity index (χ3n) is 3.43. The molecule has 0 saturated heterocycles. The van der Waals surface area contributed by atoms with Gasteiger partial charge in [-0.15, -0.1) is 0 Å². The molecule has 0 bridgehead atoms. The first-order chi connectivity index (χ1) is 4.87. The van der Waals surface area contributed by atoms with Crippen molar-refractivity contribution in [3.05, 3.63) is 0 Å². The predicted octanol–water partition coefficient (Wildman–Crippen LogP) is 1.95. The normalized spacial score (nSPS) is 36.3. The summed E-state index contributed by atoms with van der Waals surface area (Å²) >= 11 is 0. The van der Waals surface area contributed by atoms with Gasteiger partial charge in [0, 0.05) is 6.61 Å². The van der Waals surface area contributed by atoms with Gasteiger partial charge in [-0.2, -0.15) is 0 Å². The van der Waals surface area contributed by atoms with Gasteiger partial charge in [0.1, 0.15) is 0 Å². The number of aliphatic hydroxyl groups is 1. The molecule has 2 fully saturated rings. The fourth-order valence-corrected chi connectivity index (χ4v) is 2.56. The second kappa shape index (κ2) is 2.23. The van der Waals surface area contributed by atoms with E-state index in [-0.39, 0.29) is 0 Å². The zero-order valence-corrected chi connectivity index (χ0v) is 6.47. The van der Waals surface area contributed by atoms with Gasteiger partial charge in [0.15, 0.2) is 0 Å². The Kier molecular flexibility index (Phi) is 1.48. The second-order valence-corrected chi connectivity index (χ2v) is 4.01. The van der Waals surface area contributed by atoms with Crippen LogP contribution >= 0.6 is 0 Å². The molecule has 0 radical (unpaired) electrons. The third-order valence-corrected chi connectivity index (χ3v) is 3.43. The molecule has 1 atom stereocenters. The lowest BCUT2D eigenvalue weighted by Gasteiger charge is -2.21. The molecule has 1 spiro atoms. The van der Waals surface area contributed by atoms with Crippen molar-refractivity contribution < 1.29 is 5.11 Å². The highest BCUT2D eigenvalue weighted by molar-refractivity contribution is 5.02. The predicted molar refractivity (Wildman–Crippen MR) is 40.7 cm³/mol. The van der Waals surface area contributed by atoms with Gasteiger partial charge in [0.25, 0.3) is 0 Å². The monoisotopic (exact) mass is 140 g/mol. The molecule has 0 heterocycles. The molecule has 58 valence electrons. The minimum atomic E-state index is 0.444. The van der Waals surface area contributed by atoms with Crippen molar-refractivity contribution in [1.82, 2.24) is 0 Å². The second-order valence-electron chi connectivity index (χ2n) is 4.01. The van der Waals surface area contributed by atoms with Gasteiger partial charge in [-0.25, -0.2) is 0 Å². The minimum absolute atomic E-state index is 0.444. The van der Waals surface area contributed by atoms with E-state index in [0.29, 0.717) is 17.9 Å². The highest BCUT2D eigenvalue weighted by Crippen LogP contribution is 2.60. The van der Waals surface area contributed by atoms with Crippen molar-refractivity contribution in [2.75, 3.05) is 6.61 Å². The molecule has 0 amide bonds. The lowest BCUT2D eigenvalue weighted by atomic mass is 9.84. The van der Waals surface area contributed by atoms with Gasteiger partial charge in [0.05, 0.1) is 0 Å². The van der Waals surface area contributed by atoms with Crippen LogP contribution < -0.4 is 0 Å². The summed E-state index contributed by atoms with van der Waals surface area (Å²) in [7, 11) is 0. The molecule has 0 aromatic carbocycles. The maximum Gasteiger partial charge on any atom is 0.0464 e. The van der Waals surface area contributed by atoms with Crippen LogP contribution in [-0.2, 0) is 0 Å². The van der Waals surface area contributed by atoms with E-state index in [9.17, 15) is 0 Å². The molecule has 10 heavy (non-hydrogen) atoms. The molecule has 2 saturated carbocycles. The summed E-state index contributed by atoms with van der Waals surface area (Å²) in [4.78, 5) is 0. The Balaban J connectivity index is 1.92. The summed E-state index contributed by atoms with van der Waals surface area (Å²) in [5, 5.41) is 8.92. The molecular weight excluding hydrogens is 124 g/mol. The van der Waals surface area contributed by atoms with Gasteiger partial charge >= 0.3 is 0 Å². The Morgan fingerprint density at radius 1 is 1.20 bits per heavy atom.